The molecule has 0 bridgehead atoms. The summed E-state index contributed by atoms with van der Waals surface area (Å²) in [4.78, 5) is 11.4. The average molecular weight is 250 g/mol. The van der Waals surface area contributed by atoms with Crippen molar-refractivity contribution in [3.63, 3.8) is 0 Å². The lowest BCUT2D eigenvalue weighted by Gasteiger charge is -2.27. The summed E-state index contributed by atoms with van der Waals surface area (Å²) < 4.78 is 18.3. The number of hydrogen-bond donors (Lipinski definition) is 0. The zero-order valence-electron chi connectivity index (χ0n) is 10.7. The van der Waals surface area contributed by atoms with Gasteiger partial charge in [-0.25, -0.2) is 4.39 Å². The lowest BCUT2D eigenvalue weighted by atomic mass is 9.79. The molecule has 98 valence electrons. The number of carbonyl (C=O) groups is 1. The van der Waals surface area contributed by atoms with E-state index in [2.05, 4.69) is 0 Å². The summed E-state index contributed by atoms with van der Waals surface area (Å²) in [6.07, 6.45) is 4.47. The number of esters is 1. The summed E-state index contributed by atoms with van der Waals surface area (Å²) in [5.41, 5.74) is 0.791. The molecule has 1 aromatic carbocycles. The molecule has 2 nitrogen and oxygen atoms in total. The van der Waals surface area contributed by atoms with Crippen molar-refractivity contribution in [2.24, 2.45) is 11.8 Å². The van der Waals surface area contributed by atoms with E-state index in [1.54, 1.807) is 6.07 Å². The van der Waals surface area contributed by atoms with Crippen LogP contribution in [0.1, 0.15) is 31.2 Å². The Morgan fingerprint density at radius 1 is 1.28 bits per heavy atom. The largest absolute Gasteiger partial charge is 0.469 e. The van der Waals surface area contributed by atoms with Gasteiger partial charge < -0.3 is 4.74 Å². The van der Waals surface area contributed by atoms with Crippen LogP contribution in [0.4, 0.5) is 4.39 Å². The Morgan fingerprint density at radius 2 is 1.94 bits per heavy atom. The predicted octanol–water partition coefficient (Wildman–Crippen LogP) is 3.35. The van der Waals surface area contributed by atoms with Crippen molar-refractivity contribution < 1.29 is 13.9 Å². The molecule has 0 unspecified atom stereocenters. The molecule has 0 amide bonds. The number of halogens is 1. The Hall–Kier alpha value is -1.38. The maximum atomic E-state index is 13.5. The van der Waals surface area contributed by atoms with E-state index in [1.807, 2.05) is 12.1 Å². The second-order valence-corrected chi connectivity index (χ2v) is 5.04. The van der Waals surface area contributed by atoms with E-state index in [0.29, 0.717) is 5.92 Å². The molecule has 0 radical (unpaired) electrons. The molecular formula is C15H19FO2. The molecule has 0 saturated heterocycles. The van der Waals surface area contributed by atoms with Gasteiger partial charge in [-0.15, -0.1) is 0 Å². The normalized spacial score (nSPS) is 23.7. The second kappa shape index (κ2) is 5.98. The summed E-state index contributed by atoms with van der Waals surface area (Å²) in [5.74, 6) is 0.321. The lowest BCUT2D eigenvalue weighted by molar-refractivity contribution is -0.146. The van der Waals surface area contributed by atoms with Crippen LogP contribution in [-0.2, 0) is 16.0 Å². The Bertz CT molecular complexity index is 409. The third kappa shape index (κ3) is 3.09. The smallest absolute Gasteiger partial charge is 0.308 e. The standard InChI is InChI=1S/C15H19FO2/c1-18-15(17)12-8-6-11(7-9-12)10-13-4-2-3-5-14(13)16/h2-5,11-12H,6-10H2,1H3. The van der Waals surface area contributed by atoms with Crippen molar-refractivity contribution in [1.82, 2.24) is 0 Å². The van der Waals surface area contributed by atoms with Crippen molar-refractivity contribution >= 4 is 5.97 Å². The molecule has 18 heavy (non-hydrogen) atoms. The Balaban J connectivity index is 1.87. The molecular weight excluding hydrogens is 231 g/mol. The van der Waals surface area contributed by atoms with E-state index < -0.39 is 0 Å². The summed E-state index contributed by atoms with van der Waals surface area (Å²) in [5, 5.41) is 0. The molecule has 0 aromatic heterocycles. The van der Waals surface area contributed by atoms with E-state index in [-0.39, 0.29) is 17.7 Å². The fraction of sp³-hybridized carbons (Fsp3) is 0.533. The molecule has 1 aliphatic carbocycles. The highest BCUT2D eigenvalue weighted by Crippen LogP contribution is 2.32. The highest BCUT2D eigenvalue weighted by molar-refractivity contribution is 5.72. The molecule has 0 heterocycles. The molecule has 0 spiro atoms. The van der Waals surface area contributed by atoms with E-state index in [4.69, 9.17) is 4.74 Å². The van der Waals surface area contributed by atoms with Crippen LogP contribution >= 0.6 is 0 Å². The van der Waals surface area contributed by atoms with Gasteiger partial charge in [0.2, 0.25) is 0 Å². The average Bonchev–Trinajstić information content (AvgIpc) is 2.41. The SMILES string of the molecule is COC(=O)C1CCC(Cc2ccccc2F)CC1. The van der Waals surface area contributed by atoms with Crippen molar-refractivity contribution in [2.75, 3.05) is 7.11 Å². The molecule has 1 fully saturated rings. The first kappa shape index (κ1) is 13.1. The first-order valence-corrected chi connectivity index (χ1v) is 6.52. The van der Waals surface area contributed by atoms with E-state index in [9.17, 15) is 9.18 Å². The van der Waals surface area contributed by atoms with Gasteiger partial charge in [0.25, 0.3) is 0 Å². The number of ether oxygens (including phenoxy) is 1. The van der Waals surface area contributed by atoms with E-state index in [1.165, 1.54) is 13.2 Å². The van der Waals surface area contributed by atoms with Crippen LogP contribution in [0.2, 0.25) is 0 Å². The van der Waals surface area contributed by atoms with Crippen molar-refractivity contribution in [1.29, 1.82) is 0 Å². The summed E-state index contributed by atoms with van der Waals surface area (Å²) >= 11 is 0. The first-order chi connectivity index (χ1) is 8.70. The number of carbonyl (C=O) groups excluding carboxylic acids is 1. The van der Waals surface area contributed by atoms with Crippen LogP contribution in [0.5, 0.6) is 0 Å². The van der Waals surface area contributed by atoms with Crippen molar-refractivity contribution in [3.8, 4) is 0 Å². The predicted molar refractivity (Wildman–Crippen MR) is 67.6 cm³/mol. The number of rotatable bonds is 3. The van der Waals surface area contributed by atoms with Gasteiger partial charge in [-0.05, 0) is 49.7 Å². The Kier molecular flexibility index (Phi) is 4.34. The lowest BCUT2D eigenvalue weighted by Crippen LogP contribution is -2.23. The monoisotopic (exact) mass is 250 g/mol. The van der Waals surface area contributed by atoms with Crippen LogP contribution in [0.3, 0.4) is 0 Å². The zero-order chi connectivity index (χ0) is 13.0. The van der Waals surface area contributed by atoms with Crippen molar-refractivity contribution in [2.45, 2.75) is 32.1 Å². The molecule has 1 aliphatic rings. The van der Waals surface area contributed by atoms with Crippen LogP contribution in [-0.4, -0.2) is 13.1 Å². The van der Waals surface area contributed by atoms with E-state index in [0.717, 1.165) is 37.7 Å². The fourth-order valence-electron chi connectivity index (χ4n) is 2.74. The summed E-state index contributed by atoms with van der Waals surface area (Å²) in [6, 6.07) is 6.95. The maximum absolute atomic E-state index is 13.5. The Morgan fingerprint density at radius 3 is 2.56 bits per heavy atom. The summed E-state index contributed by atoms with van der Waals surface area (Å²) in [6.45, 7) is 0. The molecule has 2 rings (SSSR count). The van der Waals surface area contributed by atoms with Crippen LogP contribution < -0.4 is 0 Å². The minimum absolute atomic E-state index is 0.0480. The minimum atomic E-state index is -0.118. The van der Waals surface area contributed by atoms with Crippen LogP contribution in [0.15, 0.2) is 24.3 Å². The van der Waals surface area contributed by atoms with Gasteiger partial charge in [0.15, 0.2) is 0 Å². The van der Waals surface area contributed by atoms with Gasteiger partial charge in [0, 0.05) is 0 Å². The first-order valence-electron chi connectivity index (χ1n) is 6.52. The molecule has 0 aliphatic heterocycles. The molecule has 1 saturated carbocycles. The molecule has 3 heteroatoms. The van der Waals surface area contributed by atoms with Gasteiger partial charge in [0.05, 0.1) is 13.0 Å². The highest BCUT2D eigenvalue weighted by atomic mass is 19.1. The van der Waals surface area contributed by atoms with E-state index >= 15 is 0 Å². The maximum Gasteiger partial charge on any atom is 0.308 e. The number of benzene rings is 1. The van der Waals surface area contributed by atoms with Gasteiger partial charge in [-0.3, -0.25) is 4.79 Å². The second-order valence-electron chi connectivity index (χ2n) is 5.04. The number of methoxy groups -OCH3 is 1. The third-order valence-corrected chi connectivity index (χ3v) is 3.85. The topological polar surface area (TPSA) is 26.3 Å². The van der Waals surface area contributed by atoms with Gasteiger partial charge in [-0.2, -0.15) is 0 Å². The summed E-state index contributed by atoms with van der Waals surface area (Å²) in [7, 11) is 1.44. The quantitative estimate of drug-likeness (QED) is 0.769. The van der Waals surface area contributed by atoms with Crippen LogP contribution in [0.25, 0.3) is 0 Å². The van der Waals surface area contributed by atoms with Crippen LogP contribution in [0, 0.1) is 17.7 Å². The van der Waals surface area contributed by atoms with Gasteiger partial charge in [-0.1, -0.05) is 18.2 Å². The van der Waals surface area contributed by atoms with Crippen molar-refractivity contribution in [3.05, 3.63) is 35.6 Å². The minimum Gasteiger partial charge on any atom is -0.469 e. The third-order valence-electron chi connectivity index (χ3n) is 3.85. The molecule has 1 aromatic rings. The van der Waals surface area contributed by atoms with Gasteiger partial charge >= 0.3 is 5.97 Å². The fourth-order valence-corrected chi connectivity index (χ4v) is 2.74. The van der Waals surface area contributed by atoms with Gasteiger partial charge in [0.1, 0.15) is 5.82 Å². The zero-order valence-corrected chi connectivity index (χ0v) is 10.7. The molecule has 0 atom stereocenters. The molecule has 0 N–H and O–H groups in total. The highest BCUT2D eigenvalue weighted by Gasteiger charge is 2.27. The number of hydrogen-bond acceptors (Lipinski definition) is 2. The Labute approximate surface area is 107 Å².